The van der Waals surface area contributed by atoms with Crippen molar-refractivity contribution in [2.75, 3.05) is 11.1 Å². The van der Waals surface area contributed by atoms with Gasteiger partial charge in [0.15, 0.2) is 10.1 Å². The average molecular weight is 466 g/mol. The molecule has 11 heteroatoms. The number of carbonyl (C=O) groups is 1. The summed E-state index contributed by atoms with van der Waals surface area (Å²) < 4.78 is 52.5. The number of nitrogens with zero attached hydrogens (tertiary/aromatic N) is 1. The topological polar surface area (TPSA) is 109 Å². The predicted molar refractivity (Wildman–Crippen MR) is 112 cm³/mol. The third-order valence-corrected chi connectivity index (χ3v) is 6.98. The van der Waals surface area contributed by atoms with Crippen LogP contribution in [0.25, 0.3) is 0 Å². The van der Waals surface area contributed by atoms with Crippen LogP contribution in [0.1, 0.15) is 11.1 Å². The van der Waals surface area contributed by atoms with Gasteiger partial charge in [0.1, 0.15) is 11.6 Å². The molecule has 7 nitrogen and oxygen atoms in total. The Morgan fingerprint density at radius 2 is 1.87 bits per heavy atom. The Labute approximate surface area is 180 Å². The average Bonchev–Trinajstić information content (AvgIpc) is 2.70. The quantitative estimate of drug-likeness (QED) is 0.427. The molecule has 0 bridgehead atoms. The van der Waals surface area contributed by atoms with Crippen LogP contribution < -0.4 is 10.9 Å². The van der Waals surface area contributed by atoms with Crippen molar-refractivity contribution in [1.29, 1.82) is 0 Å². The summed E-state index contributed by atoms with van der Waals surface area (Å²) >= 11 is 0.803. The molecule has 0 spiro atoms. The number of rotatable bonds is 6. The zero-order chi connectivity index (χ0) is 22.8. The summed E-state index contributed by atoms with van der Waals surface area (Å²) in [5.74, 6) is -2.45. The van der Waals surface area contributed by atoms with Gasteiger partial charge in [-0.05, 0) is 43.2 Å². The summed E-state index contributed by atoms with van der Waals surface area (Å²) in [4.78, 5) is 30.1. The number of aromatic nitrogens is 2. The number of halogens is 2. The van der Waals surface area contributed by atoms with Gasteiger partial charge in [0.25, 0.3) is 5.56 Å². The molecule has 0 saturated carbocycles. The van der Waals surface area contributed by atoms with Gasteiger partial charge < -0.3 is 10.3 Å². The number of hydrogen-bond acceptors (Lipinski definition) is 6. The van der Waals surface area contributed by atoms with Crippen molar-refractivity contribution in [3.05, 3.63) is 75.7 Å². The van der Waals surface area contributed by atoms with Gasteiger partial charge in [0.2, 0.25) is 15.7 Å². The molecule has 2 aromatic carbocycles. The van der Waals surface area contributed by atoms with Crippen LogP contribution in [0, 0.1) is 25.5 Å². The first-order valence-electron chi connectivity index (χ1n) is 8.87. The van der Waals surface area contributed by atoms with Crippen molar-refractivity contribution < 1.29 is 22.0 Å². The highest BCUT2D eigenvalue weighted by Crippen LogP contribution is 2.23. The second kappa shape index (κ2) is 8.98. The van der Waals surface area contributed by atoms with Crippen LogP contribution >= 0.6 is 11.8 Å². The molecule has 3 rings (SSSR count). The fraction of sp³-hybridized carbons (Fsp3) is 0.150. The molecule has 31 heavy (non-hydrogen) atoms. The molecule has 0 radical (unpaired) electrons. The minimum Gasteiger partial charge on any atom is -0.323 e. The molecule has 3 aromatic rings. The molecule has 0 aliphatic rings. The van der Waals surface area contributed by atoms with E-state index in [4.69, 9.17) is 0 Å². The predicted octanol–water partition coefficient (Wildman–Crippen LogP) is 3.23. The molecule has 2 N–H and O–H groups in total. The number of thioether (sulfide) groups is 1. The molecular formula is C20H17F2N3O4S2. The first-order valence-corrected chi connectivity index (χ1v) is 11.3. The van der Waals surface area contributed by atoms with Crippen LogP contribution in [0.4, 0.5) is 14.5 Å². The van der Waals surface area contributed by atoms with Gasteiger partial charge in [0.05, 0.1) is 22.5 Å². The van der Waals surface area contributed by atoms with E-state index in [0.717, 1.165) is 41.7 Å². The van der Waals surface area contributed by atoms with Crippen molar-refractivity contribution in [1.82, 2.24) is 9.97 Å². The number of hydrogen-bond donors (Lipinski definition) is 2. The summed E-state index contributed by atoms with van der Waals surface area (Å²) in [6.07, 6.45) is 0.933. The maximum absolute atomic E-state index is 13.6. The number of H-pyrrole nitrogens is 1. The third-order valence-electron chi connectivity index (χ3n) is 4.21. The number of nitrogens with one attached hydrogen (secondary N) is 2. The summed E-state index contributed by atoms with van der Waals surface area (Å²) in [6.45, 7) is 3.36. The Bertz CT molecular complexity index is 1320. The SMILES string of the molecule is Cc1ccc(C)c(S(=O)(=O)c2cnc(SCC(=O)Nc3cc(F)ccc3F)[nH]c2=O)c1. The van der Waals surface area contributed by atoms with Gasteiger partial charge in [0, 0.05) is 6.07 Å². The fourth-order valence-corrected chi connectivity index (χ4v) is 4.85. The van der Waals surface area contributed by atoms with Crippen LogP contribution in [0.3, 0.4) is 0 Å². The van der Waals surface area contributed by atoms with E-state index in [2.05, 4.69) is 15.3 Å². The Morgan fingerprint density at radius 1 is 1.13 bits per heavy atom. The van der Waals surface area contributed by atoms with Gasteiger partial charge in [-0.3, -0.25) is 9.59 Å². The van der Waals surface area contributed by atoms with E-state index in [1.165, 1.54) is 6.07 Å². The Kier molecular flexibility index (Phi) is 6.56. The van der Waals surface area contributed by atoms with E-state index in [1.54, 1.807) is 26.0 Å². The van der Waals surface area contributed by atoms with Crippen LogP contribution in [0.2, 0.25) is 0 Å². The smallest absolute Gasteiger partial charge is 0.270 e. The number of amides is 1. The zero-order valence-electron chi connectivity index (χ0n) is 16.4. The van der Waals surface area contributed by atoms with E-state index in [1.807, 2.05) is 0 Å². The number of aryl methyl sites for hydroxylation is 2. The van der Waals surface area contributed by atoms with Gasteiger partial charge in [-0.1, -0.05) is 23.9 Å². The molecule has 1 amide bonds. The zero-order valence-corrected chi connectivity index (χ0v) is 18.0. The van der Waals surface area contributed by atoms with Gasteiger partial charge in [-0.15, -0.1) is 0 Å². The van der Waals surface area contributed by atoms with Crippen LogP contribution in [0.15, 0.2) is 62.3 Å². The van der Waals surface area contributed by atoms with E-state index >= 15 is 0 Å². The Morgan fingerprint density at radius 3 is 2.58 bits per heavy atom. The number of anilines is 1. The first-order chi connectivity index (χ1) is 14.6. The molecule has 1 heterocycles. The molecule has 0 aliphatic carbocycles. The van der Waals surface area contributed by atoms with E-state index < -0.39 is 37.8 Å². The first kappa shape index (κ1) is 22.6. The van der Waals surface area contributed by atoms with Gasteiger partial charge in [-0.25, -0.2) is 22.2 Å². The Balaban J connectivity index is 1.75. The van der Waals surface area contributed by atoms with Crippen molar-refractivity contribution in [2.24, 2.45) is 0 Å². The van der Waals surface area contributed by atoms with E-state index in [9.17, 15) is 26.8 Å². The summed E-state index contributed by atoms with van der Waals surface area (Å²) in [5.41, 5.74) is 0.0168. The highest BCUT2D eigenvalue weighted by molar-refractivity contribution is 7.99. The lowest BCUT2D eigenvalue weighted by Crippen LogP contribution is -2.20. The molecular weight excluding hydrogens is 448 g/mol. The summed E-state index contributed by atoms with van der Waals surface area (Å²) in [6, 6.07) is 7.52. The summed E-state index contributed by atoms with van der Waals surface area (Å²) in [7, 11) is -4.09. The highest BCUT2D eigenvalue weighted by atomic mass is 32.2. The van der Waals surface area contributed by atoms with E-state index in [0.29, 0.717) is 5.56 Å². The van der Waals surface area contributed by atoms with Crippen LogP contribution in [-0.4, -0.2) is 30.0 Å². The molecule has 0 aliphatic heterocycles. The number of sulfone groups is 1. The number of carbonyl (C=O) groups excluding carboxylic acids is 1. The minimum absolute atomic E-state index is 0.000205. The van der Waals surface area contributed by atoms with E-state index in [-0.39, 0.29) is 21.5 Å². The maximum atomic E-state index is 13.6. The van der Waals surface area contributed by atoms with Crippen molar-refractivity contribution in [3.8, 4) is 0 Å². The molecule has 162 valence electrons. The second-order valence-corrected chi connectivity index (χ2v) is 9.47. The largest absolute Gasteiger partial charge is 0.323 e. The third kappa shape index (κ3) is 5.17. The lowest BCUT2D eigenvalue weighted by Gasteiger charge is -2.09. The van der Waals surface area contributed by atoms with Gasteiger partial charge in [-0.2, -0.15) is 0 Å². The maximum Gasteiger partial charge on any atom is 0.270 e. The molecule has 0 fully saturated rings. The van der Waals surface area contributed by atoms with Gasteiger partial charge >= 0.3 is 0 Å². The van der Waals surface area contributed by atoms with Crippen molar-refractivity contribution >= 4 is 33.2 Å². The molecule has 1 aromatic heterocycles. The molecule has 0 unspecified atom stereocenters. The molecule has 0 saturated heterocycles. The van der Waals surface area contributed by atoms with Crippen molar-refractivity contribution in [3.63, 3.8) is 0 Å². The minimum atomic E-state index is -4.09. The van der Waals surface area contributed by atoms with Crippen molar-refractivity contribution in [2.45, 2.75) is 28.8 Å². The van der Waals surface area contributed by atoms with Crippen LogP contribution in [0.5, 0.6) is 0 Å². The lowest BCUT2D eigenvalue weighted by molar-refractivity contribution is -0.113. The highest BCUT2D eigenvalue weighted by Gasteiger charge is 2.24. The standard InChI is InChI=1S/C20H17F2N3O4S2/c1-11-3-4-12(2)16(7-11)31(28,29)17-9-23-20(25-19(17)27)30-10-18(26)24-15-8-13(21)5-6-14(15)22/h3-9H,10H2,1-2H3,(H,24,26)(H,23,25,27). The normalized spacial score (nSPS) is 11.4. The van der Waals surface area contributed by atoms with Crippen LogP contribution in [-0.2, 0) is 14.6 Å². The summed E-state index contributed by atoms with van der Waals surface area (Å²) in [5, 5.41) is 2.21. The lowest BCUT2D eigenvalue weighted by atomic mass is 10.2. The fourth-order valence-electron chi connectivity index (χ4n) is 2.66. The molecule has 0 atom stereocenters. The Hall–Kier alpha value is -3.05. The monoisotopic (exact) mass is 465 g/mol. The number of benzene rings is 2. The second-order valence-electron chi connectivity index (χ2n) is 6.62. The number of aromatic amines is 1.